The molecule has 2 heterocycles. The highest BCUT2D eigenvalue weighted by Gasteiger charge is 2.26. The number of hydrogen-bond donors (Lipinski definition) is 0. The molecule has 3 rings (SSSR count). The van der Waals surface area contributed by atoms with E-state index in [1.807, 2.05) is 0 Å². The average molecular weight is 259 g/mol. The van der Waals surface area contributed by atoms with Crippen LogP contribution in [0.1, 0.15) is 12.8 Å². The quantitative estimate of drug-likeness (QED) is 0.803. The van der Waals surface area contributed by atoms with Crippen molar-refractivity contribution in [3.63, 3.8) is 0 Å². The molecule has 2 fully saturated rings. The summed E-state index contributed by atoms with van der Waals surface area (Å²) in [6.07, 6.45) is 2.64. The SMILES string of the molecule is CN1CCN(C2CCN(c3ccccc3)CC2)CC1. The van der Waals surface area contributed by atoms with Gasteiger partial charge in [-0.25, -0.2) is 0 Å². The Balaban J connectivity index is 1.52. The predicted molar refractivity (Wildman–Crippen MR) is 80.7 cm³/mol. The van der Waals surface area contributed by atoms with E-state index in [0.29, 0.717) is 0 Å². The molecule has 0 atom stereocenters. The first-order chi connectivity index (χ1) is 9.33. The minimum atomic E-state index is 0.814. The molecule has 0 amide bonds. The Morgan fingerprint density at radius 1 is 0.842 bits per heavy atom. The predicted octanol–water partition coefficient (Wildman–Crippen LogP) is 1.90. The molecule has 2 aliphatic rings. The third-order valence-electron chi connectivity index (χ3n) is 4.64. The number of likely N-dealkylation sites (N-methyl/N-ethyl adjacent to an activating group) is 1. The van der Waals surface area contributed by atoms with Crippen LogP contribution in [0.4, 0.5) is 5.69 Å². The Bertz CT molecular complexity index is 376. The summed E-state index contributed by atoms with van der Waals surface area (Å²) in [4.78, 5) is 7.69. The molecule has 2 saturated heterocycles. The molecule has 104 valence electrons. The van der Waals surface area contributed by atoms with Gasteiger partial charge >= 0.3 is 0 Å². The van der Waals surface area contributed by atoms with Crippen molar-refractivity contribution in [1.29, 1.82) is 0 Å². The molecule has 0 radical (unpaired) electrons. The summed E-state index contributed by atoms with van der Waals surface area (Å²) in [7, 11) is 2.23. The van der Waals surface area contributed by atoms with E-state index in [0.717, 1.165) is 6.04 Å². The minimum Gasteiger partial charge on any atom is -0.371 e. The van der Waals surface area contributed by atoms with Crippen LogP contribution in [0.2, 0.25) is 0 Å². The van der Waals surface area contributed by atoms with E-state index in [2.05, 4.69) is 52.1 Å². The van der Waals surface area contributed by atoms with Gasteiger partial charge in [-0.15, -0.1) is 0 Å². The molecule has 0 saturated carbocycles. The fourth-order valence-corrected chi connectivity index (χ4v) is 3.32. The lowest BCUT2D eigenvalue weighted by Crippen LogP contribution is -2.52. The van der Waals surface area contributed by atoms with E-state index in [1.165, 1.54) is 57.8 Å². The highest BCUT2D eigenvalue weighted by Crippen LogP contribution is 2.22. The smallest absolute Gasteiger partial charge is 0.0366 e. The number of anilines is 1. The van der Waals surface area contributed by atoms with Gasteiger partial charge in [-0.05, 0) is 32.0 Å². The van der Waals surface area contributed by atoms with Gasteiger partial charge in [0, 0.05) is 51.0 Å². The average Bonchev–Trinajstić information content (AvgIpc) is 2.49. The Morgan fingerprint density at radius 3 is 2.11 bits per heavy atom. The molecule has 19 heavy (non-hydrogen) atoms. The number of piperazine rings is 1. The number of para-hydroxylation sites is 1. The summed E-state index contributed by atoms with van der Waals surface area (Å²) < 4.78 is 0. The number of benzene rings is 1. The monoisotopic (exact) mass is 259 g/mol. The molecule has 1 aromatic carbocycles. The lowest BCUT2D eigenvalue weighted by Gasteiger charge is -2.42. The number of piperidine rings is 1. The zero-order chi connectivity index (χ0) is 13.1. The van der Waals surface area contributed by atoms with Crippen LogP contribution >= 0.6 is 0 Å². The van der Waals surface area contributed by atoms with Gasteiger partial charge in [-0.1, -0.05) is 18.2 Å². The van der Waals surface area contributed by atoms with Crippen LogP contribution in [0.3, 0.4) is 0 Å². The van der Waals surface area contributed by atoms with Crippen molar-refractivity contribution >= 4 is 5.69 Å². The maximum Gasteiger partial charge on any atom is 0.0366 e. The first-order valence-corrected chi connectivity index (χ1v) is 7.55. The van der Waals surface area contributed by atoms with E-state index in [1.54, 1.807) is 0 Å². The summed E-state index contributed by atoms with van der Waals surface area (Å²) in [5.74, 6) is 0. The van der Waals surface area contributed by atoms with E-state index < -0.39 is 0 Å². The highest BCUT2D eigenvalue weighted by molar-refractivity contribution is 5.46. The molecule has 0 N–H and O–H groups in total. The Hall–Kier alpha value is -1.06. The second-order valence-corrected chi connectivity index (χ2v) is 5.89. The van der Waals surface area contributed by atoms with E-state index in [-0.39, 0.29) is 0 Å². The first kappa shape index (κ1) is 12.9. The van der Waals surface area contributed by atoms with Crippen LogP contribution in [0, 0.1) is 0 Å². The van der Waals surface area contributed by atoms with Crippen LogP contribution in [-0.4, -0.2) is 62.2 Å². The summed E-state index contributed by atoms with van der Waals surface area (Å²) >= 11 is 0. The van der Waals surface area contributed by atoms with Crippen LogP contribution in [0.5, 0.6) is 0 Å². The first-order valence-electron chi connectivity index (χ1n) is 7.55. The second-order valence-electron chi connectivity index (χ2n) is 5.89. The van der Waals surface area contributed by atoms with E-state index >= 15 is 0 Å². The van der Waals surface area contributed by atoms with E-state index in [4.69, 9.17) is 0 Å². The van der Waals surface area contributed by atoms with Crippen molar-refractivity contribution in [2.24, 2.45) is 0 Å². The molecular formula is C16H25N3. The number of hydrogen-bond acceptors (Lipinski definition) is 3. The van der Waals surface area contributed by atoms with Gasteiger partial charge in [0.15, 0.2) is 0 Å². The van der Waals surface area contributed by atoms with Crippen molar-refractivity contribution in [2.45, 2.75) is 18.9 Å². The van der Waals surface area contributed by atoms with Crippen molar-refractivity contribution in [2.75, 3.05) is 51.2 Å². The molecule has 0 aromatic heterocycles. The Kier molecular flexibility index (Phi) is 4.04. The fraction of sp³-hybridized carbons (Fsp3) is 0.625. The van der Waals surface area contributed by atoms with Crippen molar-refractivity contribution < 1.29 is 0 Å². The third kappa shape index (κ3) is 3.10. The topological polar surface area (TPSA) is 9.72 Å². The molecular weight excluding hydrogens is 234 g/mol. The molecule has 0 bridgehead atoms. The van der Waals surface area contributed by atoms with Gasteiger partial charge in [0.2, 0.25) is 0 Å². The summed E-state index contributed by atoms with van der Waals surface area (Å²) in [6, 6.07) is 11.7. The minimum absolute atomic E-state index is 0.814. The Morgan fingerprint density at radius 2 is 1.47 bits per heavy atom. The third-order valence-corrected chi connectivity index (χ3v) is 4.64. The van der Waals surface area contributed by atoms with Crippen LogP contribution in [-0.2, 0) is 0 Å². The lowest BCUT2D eigenvalue weighted by molar-refractivity contribution is 0.0982. The molecule has 3 heteroatoms. The lowest BCUT2D eigenvalue weighted by atomic mass is 10.0. The number of nitrogens with zero attached hydrogens (tertiary/aromatic N) is 3. The van der Waals surface area contributed by atoms with Crippen LogP contribution in [0.25, 0.3) is 0 Å². The van der Waals surface area contributed by atoms with Crippen molar-refractivity contribution in [3.8, 4) is 0 Å². The zero-order valence-electron chi connectivity index (χ0n) is 12.0. The van der Waals surface area contributed by atoms with Gasteiger partial charge in [0.1, 0.15) is 0 Å². The molecule has 0 aliphatic carbocycles. The Labute approximate surface area is 116 Å². The van der Waals surface area contributed by atoms with Gasteiger partial charge in [0.05, 0.1) is 0 Å². The largest absolute Gasteiger partial charge is 0.371 e. The number of rotatable bonds is 2. The molecule has 1 aromatic rings. The van der Waals surface area contributed by atoms with Crippen LogP contribution < -0.4 is 4.90 Å². The second kappa shape index (κ2) is 5.93. The molecule has 2 aliphatic heterocycles. The standard InChI is InChI=1S/C16H25N3/c1-17-11-13-19(14-12-17)16-7-9-18(10-8-16)15-5-3-2-4-6-15/h2-6,16H,7-14H2,1H3. The molecule has 0 unspecified atom stereocenters. The van der Waals surface area contributed by atoms with Crippen molar-refractivity contribution in [1.82, 2.24) is 9.80 Å². The van der Waals surface area contributed by atoms with Crippen molar-refractivity contribution in [3.05, 3.63) is 30.3 Å². The van der Waals surface area contributed by atoms with Gasteiger partial charge in [0.25, 0.3) is 0 Å². The van der Waals surface area contributed by atoms with E-state index in [9.17, 15) is 0 Å². The fourth-order valence-electron chi connectivity index (χ4n) is 3.32. The maximum absolute atomic E-state index is 2.71. The molecule has 0 spiro atoms. The summed E-state index contributed by atoms with van der Waals surface area (Å²) in [5.41, 5.74) is 1.39. The summed E-state index contributed by atoms with van der Waals surface area (Å²) in [6.45, 7) is 7.40. The normalized spacial score (nSPS) is 23.7. The highest BCUT2D eigenvalue weighted by atomic mass is 15.3. The van der Waals surface area contributed by atoms with Gasteiger partial charge in [-0.3, -0.25) is 4.90 Å². The maximum atomic E-state index is 2.71. The summed E-state index contributed by atoms with van der Waals surface area (Å²) in [5, 5.41) is 0. The van der Waals surface area contributed by atoms with Crippen LogP contribution in [0.15, 0.2) is 30.3 Å². The van der Waals surface area contributed by atoms with Gasteiger partial charge in [-0.2, -0.15) is 0 Å². The molecule has 3 nitrogen and oxygen atoms in total. The zero-order valence-corrected chi connectivity index (χ0v) is 12.0. The van der Waals surface area contributed by atoms with Gasteiger partial charge < -0.3 is 9.80 Å².